The summed E-state index contributed by atoms with van der Waals surface area (Å²) in [6.07, 6.45) is -2.53. The predicted molar refractivity (Wildman–Crippen MR) is 116 cm³/mol. The Bertz CT molecular complexity index is 1100. The molecule has 0 aliphatic carbocycles. The first kappa shape index (κ1) is 24.7. The lowest BCUT2D eigenvalue weighted by atomic mass is 10.1. The van der Waals surface area contributed by atoms with E-state index in [0.29, 0.717) is 32.0 Å². The number of rotatable bonds is 7. The summed E-state index contributed by atoms with van der Waals surface area (Å²) in [6.45, 7) is 0.869. The van der Waals surface area contributed by atoms with E-state index in [9.17, 15) is 32.9 Å². The molecule has 9 nitrogen and oxygen atoms in total. The fraction of sp³-hybridized carbons (Fsp3) is 0.273. The van der Waals surface area contributed by atoms with Crippen molar-refractivity contribution in [1.82, 2.24) is 0 Å². The average molecular weight is 479 g/mol. The van der Waals surface area contributed by atoms with Crippen LogP contribution < -0.4 is 10.2 Å². The molecule has 2 aromatic rings. The number of amides is 1. The lowest BCUT2D eigenvalue weighted by molar-refractivity contribution is -0.385. The van der Waals surface area contributed by atoms with Crippen LogP contribution in [0.1, 0.15) is 11.1 Å². The number of nitrogens with zero attached hydrogens (tertiary/aromatic N) is 2. The van der Waals surface area contributed by atoms with Crippen LogP contribution in [0.5, 0.6) is 0 Å². The number of carbonyl (C=O) groups excluding carboxylic acids is 2. The SMILES string of the molecule is O=C(COC(=O)/C=C/c1ccccc1[N+](=O)[O-])Nc1cc(C(F)(F)F)ccc1N1CCOCC1. The summed E-state index contributed by atoms with van der Waals surface area (Å²) in [7, 11) is 0. The molecule has 3 rings (SSSR count). The first-order chi connectivity index (χ1) is 16.1. The number of nitro benzene ring substituents is 1. The van der Waals surface area contributed by atoms with Crippen molar-refractivity contribution in [3.05, 3.63) is 69.8 Å². The number of alkyl halides is 3. The quantitative estimate of drug-likeness (QED) is 0.279. The highest BCUT2D eigenvalue weighted by atomic mass is 19.4. The monoisotopic (exact) mass is 479 g/mol. The lowest BCUT2D eigenvalue weighted by Gasteiger charge is -2.31. The number of hydrogen-bond acceptors (Lipinski definition) is 7. The fourth-order valence-corrected chi connectivity index (χ4v) is 3.22. The molecule has 0 radical (unpaired) electrons. The van der Waals surface area contributed by atoms with Gasteiger partial charge in [0.1, 0.15) is 0 Å². The summed E-state index contributed by atoms with van der Waals surface area (Å²) >= 11 is 0. The second-order valence-electron chi connectivity index (χ2n) is 7.13. The van der Waals surface area contributed by atoms with Gasteiger partial charge in [0.2, 0.25) is 0 Å². The van der Waals surface area contributed by atoms with Crippen LogP contribution >= 0.6 is 0 Å². The Labute approximate surface area is 191 Å². The molecule has 0 aromatic heterocycles. The Hall–Kier alpha value is -3.93. The molecule has 1 aliphatic rings. The Morgan fingerprint density at radius 1 is 1.18 bits per heavy atom. The molecule has 0 saturated carbocycles. The zero-order valence-electron chi connectivity index (χ0n) is 17.7. The molecule has 1 fully saturated rings. The second kappa shape index (κ2) is 10.8. The number of nitrogens with one attached hydrogen (secondary N) is 1. The molecule has 1 N–H and O–H groups in total. The van der Waals surface area contributed by atoms with Crippen molar-refractivity contribution in [1.29, 1.82) is 0 Å². The van der Waals surface area contributed by atoms with Gasteiger partial charge in [0.15, 0.2) is 6.61 Å². The standard InChI is InChI=1S/C22H20F3N3O6/c23-22(24,25)16-6-7-19(27-9-11-33-12-10-27)17(13-16)26-20(29)14-34-21(30)8-5-15-3-1-2-4-18(15)28(31)32/h1-8,13H,9-12,14H2,(H,26,29)/b8-5+. The molecule has 0 bridgehead atoms. The summed E-state index contributed by atoms with van der Waals surface area (Å²) in [6, 6.07) is 8.72. The van der Waals surface area contributed by atoms with Crippen LogP contribution in [0, 0.1) is 10.1 Å². The van der Waals surface area contributed by atoms with Crippen LogP contribution in [0.25, 0.3) is 6.08 Å². The molecule has 1 amide bonds. The smallest absolute Gasteiger partial charge is 0.416 e. The topological polar surface area (TPSA) is 111 Å². The van der Waals surface area contributed by atoms with Gasteiger partial charge in [-0.05, 0) is 30.3 Å². The van der Waals surface area contributed by atoms with E-state index in [0.717, 1.165) is 18.2 Å². The largest absolute Gasteiger partial charge is 0.452 e. The Kier molecular flexibility index (Phi) is 7.84. The average Bonchev–Trinajstić information content (AvgIpc) is 2.81. The van der Waals surface area contributed by atoms with Crippen LogP contribution in [0.15, 0.2) is 48.5 Å². The molecule has 12 heteroatoms. The van der Waals surface area contributed by atoms with Crippen molar-refractivity contribution < 1.29 is 37.2 Å². The summed E-state index contributed by atoms with van der Waals surface area (Å²) in [5.41, 5.74) is -0.692. The molecule has 180 valence electrons. The van der Waals surface area contributed by atoms with Gasteiger partial charge in [0.05, 0.1) is 40.6 Å². The summed E-state index contributed by atoms with van der Waals surface area (Å²) < 4.78 is 49.6. The summed E-state index contributed by atoms with van der Waals surface area (Å²) in [5.74, 6) is -1.80. The first-order valence-corrected chi connectivity index (χ1v) is 10.1. The molecule has 2 aromatic carbocycles. The van der Waals surface area contributed by atoms with Crippen molar-refractivity contribution >= 4 is 35.0 Å². The highest BCUT2D eigenvalue weighted by Crippen LogP contribution is 2.35. The summed E-state index contributed by atoms with van der Waals surface area (Å²) in [4.78, 5) is 36.4. The van der Waals surface area contributed by atoms with E-state index >= 15 is 0 Å². The molecule has 0 spiro atoms. The first-order valence-electron chi connectivity index (χ1n) is 10.1. The summed E-state index contributed by atoms with van der Waals surface area (Å²) in [5, 5.41) is 13.4. The number of esters is 1. The van der Waals surface area contributed by atoms with Crippen molar-refractivity contribution in [3.8, 4) is 0 Å². The molecule has 1 aliphatic heterocycles. The molecule has 1 heterocycles. The predicted octanol–water partition coefficient (Wildman–Crippen LogP) is 3.65. The maximum absolute atomic E-state index is 13.2. The fourth-order valence-electron chi connectivity index (χ4n) is 3.22. The number of ether oxygens (including phenoxy) is 2. The van der Waals surface area contributed by atoms with Crippen molar-refractivity contribution in [2.24, 2.45) is 0 Å². The van der Waals surface area contributed by atoms with Gasteiger partial charge < -0.3 is 19.7 Å². The van der Waals surface area contributed by atoms with Crippen molar-refractivity contribution in [2.45, 2.75) is 6.18 Å². The van der Waals surface area contributed by atoms with Gasteiger partial charge in [0, 0.05) is 25.2 Å². The number of carbonyl (C=O) groups is 2. The van der Waals surface area contributed by atoms with E-state index in [-0.39, 0.29) is 16.9 Å². The van der Waals surface area contributed by atoms with Gasteiger partial charge in [0.25, 0.3) is 11.6 Å². The lowest BCUT2D eigenvalue weighted by Crippen LogP contribution is -2.37. The highest BCUT2D eigenvalue weighted by molar-refractivity contribution is 5.97. The third-order valence-corrected chi connectivity index (χ3v) is 4.83. The zero-order valence-corrected chi connectivity index (χ0v) is 17.7. The van der Waals surface area contributed by atoms with E-state index in [1.165, 1.54) is 30.3 Å². The van der Waals surface area contributed by atoms with Crippen LogP contribution in [0.2, 0.25) is 0 Å². The minimum absolute atomic E-state index is 0.0757. The van der Waals surface area contributed by atoms with E-state index in [1.807, 2.05) is 0 Å². The van der Waals surface area contributed by atoms with Gasteiger partial charge in [-0.2, -0.15) is 13.2 Å². The van der Waals surface area contributed by atoms with E-state index in [1.54, 1.807) is 11.0 Å². The molecule has 34 heavy (non-hydrogen) atoms. The Morgan fingerprint density at radius 2 is 1.88 bits per heavy atom. The van der Waals surface area contributed by atoms with Crippen LogP contribution in [0.4, 0.5) is 30.2 Å². The van der Waals surface area contributed by atoms with E-state index < -0.39 is 35.1 Å². The number of benzene rings is 2. The Morgan fingerprint density at radius 3 is 2.56 bits per heavy atom. The third kappa shape index (κ3) is 6.54. The van der Waals surface area contributed by atoms with Gasteiger partial charge in [-0.25, -0.2) is 4.79 Å². The molecular weight excluding hydrogens is 459 g/mol. The normalized spacial score (nSPS) is 14.1. The number of nitro groups is 1. The van der Waals surface area contributed by atoms with E-state index in [4.69, 9.17) is 9.47 Å². The van der Waals surface area contributed by atoms with Crippen molar-refractivity contribution in [3.63, 3.8) is 0 Å². The molecule has 1 saturated heterocycles. The number of halogens is 3. The number of para-hydroxylation sites is 1. The maximum Gasteiger partial charge on any atom is 0.416 e. The van der Waals surface area contributed by atoms with E-state index in [2.05, 4.69) is 5.32 Å². The van der Waals surface area contributed by atoms with Crippen LogP contribution in [-0.4, -0.2) is 49.7 Å². The van der Waals surface area contributed by atoms with Gasteiger partial charge in [-0.1, -0.05) is 12.1 Å². The van der Waals surface area contributed by atoms with Crippen molar-refractivity contribution in [2.75, 3.05) is 43.1 Å². The molecule has 0 unspecified atom stereocenters. The van der Waals surface area contributed by atoms with Crippen LogP contribution in [-0.2, 0) is 25.2 Å². The number of hydrogen-bond donors (Lipinski definition) is 1. The number of anilines is 2. The van der Waals surface area contributed by atoms with Gasteiger partial charge in [-0.3, -0.25) is 14.9 Å². The molecule has 0 atom stereocenters. The Balaban J connectivity index is 1.67. The van der Waals surface area contributed by atoms with Gasteiger partial charge in [-0.15, -0.1) is 0 Å². The second-order valence-corrected chi connectivity index (χ2v) is 7.13. The third-order valence-electron chi connectivity index (χ3n) is 4.83. The molecular formula is C22H20F3N3O6. The minimum atomic E-state index is -4.61. The minimum Gasteiger partial charge on any atom is -0.452 e. The number of morpholine rings is 1. The zero-order chi connectivity index (χ0) is 24.7. The highest BCUT2D eigenvalue weighted by Gasteiger charge is 2.32. The maximum atomic E-state index is 13.2. The van der Waals surface area contributed by atoms with Gasteiger partial charge >= 0.3 is 12.1 Å². The van der Waals surface area contributed by atoms with Crippen LogP contribution in [0.3, 0.4) is 0 Å².